The molecule has 0 bridgehead atoms. The molecule has 2 aromatic rings. The summed E-state index contributed by atoms with van der Waals surface area (Å²) < 4.78 is 18.4. The number of hydrogen-bond donors (Lipinski definition) is 1. The highest BCUT2D eigenvalue weighted by molar-refractivity contribution is 7.10. The van der Waals surface area contributed by atoms with Gasteiger partial charge in [0.2, 0.25) is 0 Å². The van der Waals surface area contributed by atoms with Gasteiger partial charge in [-0.15, -0.1) is 11.3 Å². The number of thiazole rings is 1. The number of aliphatic carboxylic acids is 1. The van der Waals surface area contributed by atoms with Crippen LogP contribution in [0.5, 0.6) is 5.75 Å². The first-order chi connectivity index (χ1) is 8.61. The van der Waals surface area contributed by atoms with Gasteiger partial charge in [-0.25, -0.2) is 9.37 Å². The molecule has 0 fully saturated rings. The van der Waals surface area contributed by atoms with E-state index in [-0.39, 0.29) is 6.42 Å². The normalized spacial score (nSPS) is 10.3. The van der Waals surface area contributed by atoms with Gasteiger partial charge in [0.1, 0.15) is 11.6 Å². The predicted molar refractivity (Wildman–Crippen MR) is 65.4 cm³/mol. The molecule has 0 unspecified atom stereocenters. The third-order valence-electron chi connectivity index (χ3n) is 2.37. The molecule has 4 nitrogen and oxygen atoms in total. The largest absolute Gasteiger partial charge is 0.496 e. The van der Waals surface area contributed by atoms with Gasteiger partial charge in [0.05, 0.1) is 24.7 Å². The Bertz CT molecular complexity index is 582. The van der Waals surface area contributed by atoms with Gasteiger partial charge in [-0.3, -0.25) is 4.79 Å². The zero-order valence-electron chi connectivity index (χ0n) is 9.51. The van der Waals surface area contributed by atoms with Crippen LogP contribution in [-0.4, -0.2) is 23.2 Å². The second-order valence-corrected chi connectivity index (χ2v) is 4.48. The summed E-state index contributed by atoms with van der Waals surface area (Å²) >= 11 is 1.23. The summed E-state index contributed by atoms with van der Waals surface area (Å²) in [6.45, 7) is 0. The lowest BCUT2D eigenvalue weighted by molar-refractivity contribution is -0.136. The lowest BCUT2D eigenvalue weighted by Crippen LogP contribution is -2.00. The number of nitrogens with zero attached hydrogens (tertiary/aromatic N) is 1. The molecule has 0 saturated heterocycles. The van der Waals surface area contributed by atoms with E-state index in [4.69, 9.17) is 9.84 Å². The molecular weight excluding hydrogens is 257 g/mol. The molecule has 0 spiro atoms. The number of carboxylic acids is 1. The first kappa shape index (κ1) is 12.5. The van der Waals surface area contributed by atoms with Gasteiger partial charge in [0.15, 0.2) is 0 Å². The van der Waals surface area contributed by atoms with Crippen molar-refractivity contribution >= 4 is 17.3 Å². The molecule has 1 aromatic carbocycles. The van der Waals surface area contributed by atoms with E-state index in [0.29, 0.717) is 21.9 Å². The SMILES string of the molecule is COc1ccc(F)cc1-c1ncsc1CC(=O)O. The highest BCUT2D eigenvalue weighted by atomic mass is 32.1. The molecule has 0 amide bonds. The maximum absolute atomic E-state index is 13.3. The molecule has 0 aliphatic heterocycles. The van der Waals surface area contributed by atoms with Crippen LogP contribution in [0.15, 0.2) is 23.7 Å². The first-order valence-corrected chi connectivity index (χ1v) is 5.98. The molecule has 18 heavy (non-hydrogen) atoms. The van der Waals surface area contributed by atoms with E-state index in [0.717, 1.165) is 0 Å². The summed E-state index contributed by atoms with van der Waals surface area (Å²) in [5.74, 6) is -0.898. The molecule has 6 heteroatoms. The Morgan fingerprint density at radius 3 is 3.00 bits per heavy atom. The topological polar surface area (TPSA) is 59.4 Å². The number of rotatable bonds is 4. The van der Waals surface area contributed by atoms with E-state index < -0.39 is 11.8 Å². The van der Waals surface area contributed by atoms with Crippen molar-refractivity contribution in [2.24, 2.45) is 0 Å². The number of ether oxygens (including phenoxy) is 1. The molecule has 1 heterocycles. The summed E-state index contributed by atoms with van der Waals surface area (Å²) in [7, 11) is 1.47. The maximum Gasteiger partial charge on any atom is 0.308 e. The summed E-state index contributed by atoms with van der Waals surface area (Å²) in [5.41, 5.74) is 2.46. The van der Waals surface area contributed by atoms with E-state index >= 15 is 0 Å². The number of aromatic nitrogens is 1. The fraction of sp³-hybridized carbons (Fsp3) is 0.167. The summed E-state index contributed by atoms with van der Waals surface area (Å²) in [4.78, 5) is 15.4. The van der Waals surface area contributed by atoms with Gasteiger partial charge in [-0.1, -0.05) is 0 Å². The van der Waals surface area contributed by atoms with Crippen molar-refractivity contribution in [3.8, 4) is 17.0 Å². The van der Waals surface area contributed by atoms with Crippen LogP contribution in [0.3, 0.4) is 0 Å². The lowest BCUT2D eigenvalue weighted by Gasteiger charge is -2.07. The second kappa shape index (κ2) is 5.14. The number of halogens is 1. The monoisotopic (exact) mass is 267 g/mol. The lowest BCUT2D eigenvalue weighted by atomic mass is 10.1. The van der Waals surface area contributed by atoms with Gasteiger partial charge in [0.25, 0.3) is 0 Å². The van der Waals surface area contributed by atoms with Crippen molar-refractivity contribution in [3.63, 3.8) is 0 Å². The van der Waals surface area contributed by atoms with Gasteiger partial charge in [-0.05, 0) is 18.2 Å². The molecule has 0 aliphatic carbocycles. The van der Waals surface area contributed by atoms with E-state index in [1.54, 1.807) is 0 Å². The number of hydrogen-bond acceptors (Lipinski definition) is 4. The predicted octanol–water partition coefficient (Wildman–Crippen LogP) is 2.58. The highest BCUT2D eigenvalue weighted by Crippen LogP contribution is 2.33. The van der Waals surface area contributed by atoms with E-state index in [1.807, 2.05) is 0 Å². The van der Waals surface area contributed by atoms with Crippen LogP contribution in [0.2, 0.25) is 0 Å². The van der Waals surface area contributed by atoms with Gasteiger partial charge in [0, 0.05) is 10.4 Å². The molecule has 2 rings (SSSR count). The molecule has 0 atom stereocenters. The first-order valence-electron chi connectivity index (χ1n) is 5.10. The van der Waals surface area contributed by atoms with Crippen LogP contribution in [0.4, 0.5) is 4.39 Å². The standard InChI is InChI=1S/C12H10FNO3S/c1-17-9-3-2-7(13)4-8(9)12-10(5-11(15)16)18-6-14-12/h2-4,6H,5H2,1H3,(H,15,16). The Labute approximate surface area is 107 Å². The van der Waals surface area contributed by atoms with Gasteiger partial charge in [-0.2, -0.15) is 0 Å². The van der Waals surface area contributed by atoms with Crippen LogP contribution >= 0.6 is 11.3 Å². The minimum Gasteiger partial charge on any atom is -0.496 e. The van der Waals surface area contributed by atoms with Crippen molar-refractivity contribution < 1.29 is 19.0 Å². The van der Waals surface area contributed by atoms with Crippen LogP contribution in [0, 0.1) is 5.82 Å². The number of carboxylic acid groups (broad SMARTS) is 1. The minimum atomic E-state index is -0.948. The fourth-order valence-corrected chi connectivity index (χ4v) is 2.38. The second-order valence-electron chi connectivity index (χ2n) is 3.54. The fourth-order valence-electron chi connectivity index (χ4n) is 1.62. The third kappa shape index (κ3) is 2.48. The van der Waals surface area contributed by atoms with Gasteiger partial charge < -0.3 is 9.84 Å². The molecular formula is C12H10FNO3S. The Morgan fingerprint density at radius 2 is 2.33 bits per heavy atom. The molecule has 0 aliphatic rings. The molecule has 1 N–H and O–H groups in total. The van der Waals surface area contributed by atoms with Crippen LogP contribution < -0.4 is 4.74 Å². The zero-order valence-corrected chi connectivity index (χ0v) is 10.3. The summed E-state index contributed by atoms with van der Waals surface area (Å²) in [6, 6.07) is 4.07. The Hall–Kier alpha value is -1.95. The number of methoxy groups -OCH3 is 1. The van der Waals surface area contributed by atoms with E-state index in [2.05, 4.69) is 4.98 Å². The third-order valence-corrected chi connectivity index (χ3v) is 3.20. The van der Waals surface area contributed by atoms with Crippen LogP contribution in [0.1, 0.15) is 4.88 Å². The summed E-state index contributed by atoms with van der Waals surface area (Å²) in [6.07, 6.45) is -0.139. The van der Waals surface area contributed by atoms with Crippen molar-refractivity contribution in [1.82, 2.24) is 4.98 Å². The number of benzene rings is 1. The quantitative estimate of drug-likeness (QED) is 0.925. The van der Waals surface area contributed by atoms with Crippen molar-refractivity contribution in [1.29, 1.82) is 0 Å². The molecule has 0 saturated carbocycles. The Kier molecular flexibility index (Phi) is 3.57. The highest BCUT2D eigenvalue weighted by Gasteiger charge is 2.16. The Morgan fingerprint density at radius 1 is 1.56 bits per heavy atom. The maximum atomic E-state index is 13.3. The van der Waals surface area contributed by atoms with Crippen molar-refractivity contribution in [2.45, 2.75) is 6.42 Å². The van der Waals surface area contributed by atoms with Crippen LogP contribution in [0.25, 0.3) is 11.3 Å². The summed E-state index contributed by atoms with van der Waals surface area (Å²) in [5, 5.41) is 8.81. The van der Waals surface area contributed by atoms with Gasteiger partial charge >= 0.3 is 5.97 Å². The number of carbonyl (C=O) groups is 1. The average molecular weight is 267 g/mol. The van der Waals surface area contributed by atoms with Crippen molar-refractivity contribution in [2.75, 3.05) is 7.11 Å². The minimum absolute atomic E-state index is 0.139. The average Bonchev–Trinajstić information content (AvgIpc) is 2.76. The Balaban J connectivity index is 2.51. The van der Waals surface area contributed by atoms with E-state index in [1.165, 1.54) is 42.2 Å². The molecule has 0 radical (unpaired) electrons. The van der Waals surface area contributed by atoms with Crippen molar-refractivity contribution in [3.05, 3.63) is 34.4 Å². The zero-order chi connectivity index (χ0) is 13.1. The van der Waals surface area contributed by atoms with E-state index in [9.17, 15) is 9.18 Å². The smallest absolute Gasteiger partial charge is 0.308 e. The molecule has 94 valence electrons. The molecule has 1 aromatic heterocycles. The van der Waals surface area contributed by atoms with Crippen LogP contribution in [-0.2, 0) is 11.2 Å².